The van der Waals surface area contributed by atoms with Crippen molar-refractivity contribution in [1.29, 1.82) is 0 Å². The van der Waals surface area contributed by atoms with Crippen molar-refractivity contribution >= 4 is 23.3 Å². The van der Waals surface area contributed by atoms with E-state index in [0.717, 1.165) is 0 Å². The Bertz CT molecular complexity index is 679. The second-order valence-electron chi connectivity index (χ2n) is 4.19. The molecule has 6 nitrogen and oxygen atoms in total. The zero-order valence-corrected chi connectivity index (χ0v) is 11.2. The standard InChI is InChI=1S/C15H13NO5/c1-21-10-7-5-9(6-8-10)16-12-4-2-3-11(14(17)18)13(12)15(19)20/h2-8,16H,1H3,(H,17,18)(H,19,20). The van der Waals surface area contributed by atoms with Crippen LogP contribution in [0.4, 0.5) is 11.4 Å². The summed E-state index contributed by atoms with van der Waals surface area (Å²) in [7, 11) is 1.54. The Morgan fingerprint density at radius 1 is 1.00 bits per heavy atom. The first-order chi connectivity index (χ1) is 10.0. The quantitative estimate of drug-likeness (QED) is 0.782. The highest BCUT2D eigenvalue weighted by atomic mass is 16.5. The Morgan fingerprint density at radius 2 is 1.67 bits per heavy atom. The number of carboxylic acids is 2. The van der Waals surface area contributed by atoms with Gasteiger partial charge in [0.1, 0.15) is 5.75 Å². The fraction of sp³-hybridized carbons (Fsp3) is 0.0667. The molecule has 0 amide bonds. The molecular weight excluding hydrogens is 274 g/mol. The molecule has 0 spiro atoms. The van der Waals surface area contributed by atoms with Gasteiger partial charge < -0.3 is 20.3 Å². The maximum atomic E-state index is 11.3. The van der Waals surface area contributed by atoms with Crippen LogP contribution in [0, 0.1) is 0 Å². The number of hydrogen-bond acceptors (Lipinski definition) is 4. The molecule has 0 bridgehead atoms. The number of anilines is 2. The summed E-state index contributed by atoms with van der Waals surface area (Å²) >= 11 is 0. The van der Waals surface area contributed by atoms with E-state index in [1.54, 1.807) is 31.4 Å². The summed E-state index contributed by atoms with van der Waals surface area (Å²) in [5.41, 5.74) is 0.301. The van der Waals surface area contributed by atoms with Crippen molar-refractivity contribution in [3.8, 4) is 5.75 Å². The van der Waals surface area contributed by atoms with E-state index in [1.807, 2.05) is 0 Å². The largest absolute Gasteiger partial charge is 0.497 e. The van der Waals surface area contributed by atoms with Crippen molar-refractivity contribution in [3.63, 3.8) is 0 Å². The van der Waals surface area contributed by atoms with E-state index in [4.69, 9.17) is 9.84 Å². The van der Waals surface area contributed by atoms with Crippen LogP contribution >= 0.6 is 0 Å². The van der Waals surface area contributed by atoms with Gasteiger partial charge in [0.15, 0.2) is 0 Å². The molecule has 0 saturated carbocycles. The Morgan fingerprint density at radius 3 is 2.19 bits per heavy atom. The van der Waals surface area contributed by atoms with Crippen molar-refractivity contribution in [1.82, 2.24) is 0 Å². The van der Waals surface area contributed by atoms with E-state index in [9.17, 15) is 14.7 Å². The Kier molecular flexibility index (Phi) is 4.08. The predicted molar refractivity (Wildman–Crippen MR) is 76.6 cm³/mol. The molecule has 0 radical (unpaired) electrons. The Hall–Kier alpha value is -3.02. The molecule has 3 N–H and O–H groups in total. The lowest BCUT2D eigenvalue weighted by Crippen LogP contribution is -2.11. The van der Waals surface area contributed by atoms with Crippen LogP contribution in [0.15, 0.2) is 42.5 Å². The number of ether oxygens (including phenoxy) is 1. The number of hydrogen-bond donors (Lipinski definition) is 3. The first-order valence-corrected chi connectivity index (χ1v) is 6.03. The van der Waals surface area contributed by atoms with E-state index >= 15 is 0 Å². The van der Waals surface area contributed by atoms with Gasteiger partial charge in [-0.15, -0.1) is 0 Å². The summed E-state index contributed by atoms with van der Waals surface area (Å²) in [5, 5.41) is 21.2. The normalized spacial score (nSPS) is 9.95. The van der Waals surface area contributed by atoms with Crippen LogP contribution in [0.5, 0.6) is 5.75 Å². The third kappa shape index (κ3) is 3.11. The summed E-state index contributed by atoms with van der Waals surface area (Å²) in [6.07, 6.45) is 0. The molecular formula is C15H13NO5. The van der Waals surface area contributed by atoms with Crippen LogP contribution in [0.1, 0.15) is 20.7 Å². The molecule has 0 aliphatic carbocycles. The fourth-order valence-electron chi connectivity index (χ4n) is 1.89. The minimum Gasteiger partial charge on any atom is -0.497 e. The number of methoxy groups -OCH3 is 1. The zero-order valence-electron chi connectivity index (χ0n) is 11.2. The molecule has 2 aromatic carbocycles. The summed E-state index contributed by atoms with van der Waals surface area (Å²) < 4.78 is 5.03. The molecule has 2 aromatic rings. The molecule has 108 valence electrons. The second kappa shape index (κ2) is 5.96. The van der Waals surface area contributed by atoms with Crippen LogP contribution in [-0.4, -0.2) is 29.3 Å². The van der Waals surface area contributed by atoms with Gasteiger partial charge in [0.25, 0.3) is 0 Å². The van der Waals surface area contributed by atoms with Crippen molar-refractivity contribution < 1.29 is 24.5 Å². The minimum atomic E-state index is -1.30. The average Bonchev–Trinajstić information content (AvgIpc) is 2.47. The first-order valence-electron chi connectivity index (χ1n) is 6.03. The van der Waals surface area contributed by atoms with Crippen molar-refractivity contribution in [2.24, 2.45) is 0 Å². The highest BCUT2D eigenvalue weighted by molar-refractivity contribution is 6.06. The van der Waals surface area contributed by atoms with E-state index in [1.165, 1.54) is 18.2 Å². The molecule has 0 heterocycles. The van der Waals surface area contributed by atoms with Crippen molar-refractivity contribution in [2.75, 3.05) is 12.4 Å². The number of carboxylic acid groups (broad SMARTS) is 2. The van der Waals surface area contributed by atoms with Crippen LogP contribution < -0.4 is 10.1 Å². The third-order valence-electron chi connectivity index (χ3n) is 2.88. The monoisotopic (exact) mass is 287 g/mol. The highest BCUT2D eigenvalue weighted by Crippen LogP contribution is 2.25. The van der Waals surface area contributed by atoms with Crippen LogP contribution in [0.2, 0.25) is 0 Å². The van der Waals surface area contributed by atoms with Gasteiger partial charge >= 0.3 is 11.9 Å². The van der Waals surface area contributed by atoms with Crippen molar-refractivity contribution in [2.45, 2.75) is 0 Å². The molecule has 0 aromatic heterocycles. The summed E-state index contributed by atoms with van der Waals surface area (Å²) in [4.78, 5) is 22.4. The molecule has 6 heteroatoms. The molecule has 21 heavy (non-hydrogen) atoms. The SMILES string of the molecule is COc1ccc(Nc2cccc(C(=O)O)c2C(=O)O)cc1. The van der Waals surface area contributed by atoms with Gasteiger partial charge in [-0.1, -0.05) is 6.07 Å². The van der Waals surface area contributed by atoms with E-state index in [2.05, 4.69) is 5.32 Å². The Balaban J connectivity index is 2.41. The molecule has 2 rings (SSSR count). The first kappa shape index (κ1) is 14.4. The number of benzene rings is 2. The number of nitrogens with one attached hydrogen (secondary N) is 1. The lowest BCUT2D eigenvalue weighted by Gasteiger charge is -2.12. The Labute approximate surface area is 120 Å². The minimum absolute atomic E-state index is 0.215. The molecule has 0 saturated heterocycles. The van der Waals surface area contributed by atoms with E-state index in [0.29, 0.717) is 11.4 Å². The lowest BCUT2D eigenvalue weighted by atomic mass is 10.1. The van der Waals surface area contributed by atoms with Crippen LogP contribution in [-0.2, 0) is 0 Å². The van der Waals surface area contributed by atoms with E-state index in [-0.39, 0.29) is 16.8 Å². The van der Waals surface area contributed by atoms with Gasteiger partial charge in [-0.2, -0.15) is 0 Å². The third-order valence-corrected chi connectivity index (χ3v) is 2.88. The number of aromatic carboxylic acids is 2. The summed E-state index contributed by atoms with van der Waals surface area (Å²) in [6.45, 7) is 0. The van der Waals surface area contributed by atoms with Crippen molar-refractivity contribution in [3.05, 3.63) is 53.6 Å². The van der Waals surface area contributed by atoms with Gasteiger partial charge in [0.05, 0.1) is 23.9 Å². The molecule has 0 aliphatic heterocycles. The predicted octanol–water partition coefficient (Wildman–Crippen LogP) is 2.84. The maximum absolute atomic E-state index is 11.3. The van der Waals surface area contributed by atoms with Gasteiger partial charge in [-0.3, -0.25) is 0 Å². The van der Waals surface area contributed by atoms with Crippen LogP contribution in [0.25, 0.3) is 0 Å². The number of carbonyl (C=O) groups is 2. The second-order valence-corrected chi connectivity index (χ2v) is 4.19. The topological polar surface area (TPSA) is 95.9 Å². The fourth-order valence-corrected chi connectivity index (χ4v) is 1.89. The summed E-state index contributed by atoms with van der Waals surface area (Å²) in [6, 6.07) is 11.1. The lowest BCUT2D eigenvalue weighted by molar-refractivity contribution is 0.0652. The summed E-state index contributed by atoms with van der Waals surface area (Å²) in [5.74, 6) is -1.92. The highest BCUT2D eigenvalue weighted by Gasteiger charge is 2.19. The molecule has 0 aliphatic rings. The van der Waals surface area contributed by atoms with Crippen LogP contribution in [0.3, 0.4) is 0 Å². The number of rotatable bonds is 5. The van der Waals surface area contributed by atoms with Gasteiger partial charge in [0, 0.05) is 5.69 Å². The molecule has 0 atom stereocenters. The zero-order chi connectivity index (χ0) is 15.4. The molecule has 0 fully saturated rings. The molecule has 0 unspecified atom stereocenters. The van der Waals surface area contributed by atoms with Gasteiger partial charge in [-0.05, 0) is 36.4 Å². The van der Waals surface area contributed by atoms with Gasteiger partial charge in [-0.25, -0.2) is 9.59 Å². The maximum Gasteiger partial charge on any atom is 0.338 e. The smallest absolute Gasteiger partial charge is 0.338 e. The van der Waals surface area contributed by atoms with Gasteiger partial charge in [0.2, 0.25) is 0 Å². The van der Waals surface area contributed by atoms with E-state index < -0.39 is 11.9 Å². The average molecular weight is 287 g/mol.